The van der Waals surface area contributed by atoms with Crippen LogP contribution in [0.4, 0.5) is 5.69 Å². The van der Waals surface area contributed by atoms with Gasteiger partial charge in [-0.3, -0.25) is 0 Å². The van der Waals surface area contributed by atoms with Gasteiger partial charge in [-0.05, 0) is 73.2 Å². The van der Waals surface area contributed by atoms with Gasteiger partial charge in [0.1, 0.15) is 5.75 Å². The first kappa shape index (κ1) is 14.7. The highest BCUT2D eigenvalue weighted by molar-refractivity contribution is 6.03. The van der Waals surface area contributed by atoms with E-state index in [1.54, 1.807) is 12.1 Å². The van der Waals surface area contributed by atoms with E-state index in [4.69, 9.17) is 16.1 Å². The van der Waals surface area contributed by atoms with Gasteiger partial charge in [-0.2, -0.15) is 0 Å². The molecular formula is C20H19N3O. The molecule has 1 aliphatic rings. The highest BCUT2D eigenvalue weighted by Gasteiger charge is 2.21. The second kappa shape index (κ2) is 5.64. The molecule has 0 radical (unpaired) electrons. The summed E-state index contributed by atoms with van der Waals surface area (Å²) >= 11 is 0. The maximum absolute atomic E-state index is 9.55. The zero-order valence-electron chi connectivity index (χ0n) is 13.3. The van der Waals surface area contributed by atoms with Gasteiger partial charge in [0.15, 0.2) is 0 Å². The number of nitrogens with one attached hydrogen (secondary N) is 1. The first-order valence-corrected chi connectivity index (χ1v) is 8.23. The number of phenolic OH excluding ortho intramolecular Hbond substituents is 1. The number of aromatic nitrogens is 1. The molecule has 1 heterocycles. The maximum Gasteiger partial charge on any atom is 0.115 e. The summed E-state index contributed by atoms with van der Waals surface area (Å²) in [6, 6.07) is 11.0. The summed E-state index contributed by atoms with van der Waals surface area (Å²) in [5, 5.41) is 18.1. The minimum atomic E-state index is 0.258. The minimum absolute atomic E-state index is 0.258. The molecule has 0 amide bonds. The number of hydrogen-bond acceptors (Lipinski definition) is 4. The molecule has 4 rings (SSSR count). The Bertz CT molecular complexity index is 945. The number of benzene rings is 2. The number of nitrogens with two attached hydrogens (primary N) is 1. The maximum atomic E-state index is 9.55. The fraction of sp³-hybridized carbons (Fsp3) is 0.200. The Morgan fingerprint density at radius 2 is 1.71 bits per heavy atom. The third kappa shape index (κ3) is 2.22. The molecule has 4 nitrogen and oxygen atoms in total. The second-order valence-corrected chi connectivity index (χ2v) is 6.28. The van der Waals surface area contributed by atoms with Crippen molar-refractivity contribution in [1.29, 1.82) is 5.41 Å². The lowest BCUT2D eigenvalue weighted by Gasteiger charge is -2.22. The number of anilines is 1. The van der Waals surface area contributed by atoms with E-state index in [1.165, 1.54) is 17.3 Å². The van der Waals surface area contributed by atoms with Gasteiger partial charge in [0.2, 0.25) is 0 Å². The molecule has 1 aromatic heterocycles. The summed E-state index contributed by atoms with van der Waals surface area (Å²) in [7, 11) is 0. The molecule has 0 bridgehead atoms. The van der Waals surface area contributed by atoms with Crippen molar-refractivity contribution in [3.63, 3.8) is 0 Å². The van der Waals surface area contributed by atoms with Gasteiger partial charge in [0.05, 0.1) is 16.9 Å². The fourth-order valence-corrected chi connectivity index (χ4v) is 3.65. The average molecular weight is 317 g/mol. The van der Waals surface area contributed by atoms with Gasteiger partial charge in [0.25, 0.3) is 0 Å². The van der Waals surface area contributed by atoms with Crippen molar-refractivity contribution in [2.45, 2.75) is 25.7 Å². The molecule has 120 valence electrons. The predicted molar refractivity (Wildman–Crippen MR) is 97.8 cm³/mol. The molecule has 1 aliphatic carbocycles. The summed E-state index contributed by atoms with van der Waals surface area (Å²) < 4.78 is 0. The van der Waals surface area contributed by atoms with Gasteiger partial charge in [0, 0.05) is 22.7 Å². The van der Waals surface area contributed by atoms with Crippen molar-refractivity contribution in [2.24, 2.45) is 0 Å². The third-order valence-electron chi connectivity index (χ3n) is 4.84. The summed E-state index contributed by atoms with van der Waals surface area (Å²) in [5.74, 6) is 0.258. The number of aryl methyl sites for hydroxylation is 1. The molecule has 4 heteroatoms. The Hall–Kier alpha value is -2.88. The lowest BCUT2D eigenvalue weighted by molar-refractivity contribution is 0.475. The third-order valence-corrected chi connectivity index (χ3v) is 4.84. The normalized spacial score (nSPS) is 13.7. The van der Waals surface area contributed by atoms with E-state index < -0.39 is 0 Å². The first-order valence-electron chi connectivity index (χ1n) is 8.23. The Balaban J connectivity index is 2.06. The molecule has 0 saturated carbocycles. The van der Waals surface area contributed by atoms with Crippen LogP contribution in [0.3, 0.4) is 0 Å². The second-order valence-electron chi connectivity index (χ2n) is 6.28. The highest BCUT2D eigenvalue weighted by Crippen LogP contribution is 2.38. The number of rotatable bonds is 2. The van der Waals surface area contributed by atoms with E-state index in [1.807, 2.05) is 24.3 Å². The summed E-state index contributed by atoms with van der Waals surface area (Å²) in [4.78, 5) is 4.89. The van der Waals surface area contributed by atoms with Crippen LogP contribution in [-0.4, -0.2) is 16.3 Å². The Labute approximate surface area is 140 Å². The highest BCUT2D eigenvalue weighted by atomic mass is 16.3. The van der Waals surface area contributed by atoms with Crippen LogP contribution in [-0.2, 0) is 12.8 Å². The number of nitrogens with zero attached hydrogens (tertiary/aromatic N) is 1. The van der Waals surface area contributed by atoms with Crippen molar-refractivity contribution in [3.05, 3.63) is 53.1 Å². The van der Waals surface area contributed by atoms with E-state index in [0.29, 0.717) is 5.69 Å². The first-order chi connectivity index (χ1) is 11.7. The standard InChI is InChI=1S/C20H19N3O/c21-11-13-7-10-17-18(19(13)22)15-3-1-2-4-16(15)20(23-17)12-5-8-14(24)9-6-12/h5-11,21,24H,1-4,22H2. The molecule has 3 aromatic rings. The average Bonchev–Trinajstić information content (AvgIpc) is 2.62. The number of fused-ring (bicyclic) bond motifs is 3. The monoisotopic (exact) mass is 317 g/mol. The van der Waals surface area contributed by atoms with Gasteiger partial charge >= 0.3 is 0 Å². The molecule has 0 spiro atoms. The largest absolute Gasteiger partial charge is 0.508 e. The predicted octanol–water partition coefficient (Wildman–Crippen LogP) is 4.07. The molecule has 0 aliphatic heterocycles. The Morgan fingerprint density at radius 1 is 1.00 bits per heavy atom. The van der Waals surface area contributed by atoms with Crippen LogP contribution in [0.25, 0.3) is 22.2 Å². The van der Waals surface area contributed by atoms with Crippen LogP contribution in [0.2, 0.25) is 0 Å². The van der Waals surface area contributed by atoms with Gasteiger partial charge in [-0.25, -0.2) is 4.98 Å². The van der Waals surface area contributed by atoms with Gasteiger partial charge < -0.3 is 16.2 Å². The number of nitrogen functional groups attached to an aromatic ring is 1. The Kier molecular flexibility index (Phi) is 3.45. The summed E-state index contributed by atoms with van der Waals surface area (Å²) in [5.41, 5.74) is 13.2. The molecule has 2 aromatic carbocycles. The van der Waals surface area contributed by atoms with Crippen LogP contribution in [0.5, 0.6) is 5.75 Å². The molecule has 4 N–H and O–H groups in total. The van der Waals surface area contributed by atoms with Gasteiger partial charge in [-0.15, -0.1) is 0 Å². The van der Waals surface area contributed by atoms with Crippen LogP contribution in [0.15, 0.2) is 36.4 Å². The van der Waals surface area contributed by atoms with Crippen LogP contribution < -0.4 is 5.73 Å². The number of pyridine rings is 1. The zero-order valence-corrected chi connectivity index (χ0v) is 13.3. The van der Waals surface area contributed by atoms with Crippen molar-refractivity contribution in [3.8, 4) is 17.0 Å². The number of aromatic hydroxyl groups is 1. The molecule has 0 unspecified atom stereocenters. The van der Waals surface area contributed by atoms with E-state index in [0.717, 1.165) is 53.4 Å². The van der Waals surface area contributed by atoms with E-state index in [2.05, 4.69) is 0 Å². The molecule has 0 fully saturated rings. The zero-order chi connectivity index (χ0) is 16.7. The van der Waals surface area contributed by atoms with E-state index in [-0.39, 0.29) is 5.75 Å². The SMILES string of the molecule is N=Cc1ccc2nc(-c3ccc(O)cc3)c3c(c2c1N)CCCC3. The van der Waals surface area contributed by atoms with Crippen molar-refractivity contribution in [1.82, 2.24) is 4.98 Å². The van der Waals surface area contributed by atoms with Crippen molar-refractivity contribution < 1.29 is 5.11 Å². The topological polar surface area (TPSA) is 83.0 Å². The molecule has 24 heavy (non-hydrogen) atoms. The Morgan fingerprint density at radius 3 is 2.42 bits per heavy atom. The van der Waals surface area contributed by atoms with Crippen LogP contribution in [0, 0.1) is 5.41 Å². The van der Waals surface area contributed by atoms with Gasteiger partial charge in [-0.1, -0.05) is 0 Å². The van der Waals surface area contributed by atoms with Crippen LogP contribution in [0.1, 0.15) is 29.5 Å². The quantitative estimate of drug-likeness (QED) is 0.492. The molecule has 0 saturated heterocycles. The lowest BCUT2D eigenvalue weighted by Crippen LogP contribution is -2.09. The minimum Gasteiger partial charge on any atom is -0.508 e. The van der Waals surface area contributed by atoms with Crippen LogP contribution >= 0.6 is 0 Å². The smallest absolute Gasteiger partial charge is 0.115 e. The van der Waals surface area contributed by atoms with Crippen molar-refractivity contribution in [2.75, 3.05) is 5.73 Å². The van der Waals surface area contributed by atoms with E-state index >= 15 is 0 Å². The molecular weight excluding hydrogens is 298 g/mol. The number of hydrogen-bond donors (Lipinski definition) is 3. The summed E-state index contributed by atoms with van der Waals surface area (Å²) in [6.07, 6.45) is 5.58. The van der Waals surface area contributed by atoms with E-state index in [9.17, 15) is 5.11 Å². The van der Waals surface area contributed by atoms with Crippen molar-refractivity contribution >= 4 is 22.8 Å². The lowest BCUT2D eigenvalue weighted by atomic mass is 9.85. The number of phenols is 1. The molecule has 0 atom stereocenters. The summed E-state index contributed by atoms with van der Waals surface area (Å²) in [6.45, 7) is 0. The fourth-order valence-electron chi connectivity index (χ4n) is 3.65.